The van der Waals surface area contributed by atoms with E-state index in [1.165, 1.54) is 6.07 Å². The maximum atomic E-state index is 13.3. The van der Waals surface area contributed by atoms with Crippen molar-refractivity contribution >= 4 is 23.7 Å². The maximum Gasteiger partial charge on any atom is 0.324 e. The van der Waals surface area contributed by atoms with Gasteiger partial charge in [0.15, 0.2) is 0 Å². The Labute approximate surface area is 106 Å². The van der Waals surface area contributed by atoms with E-state index in [0.29, 0.717) is 13.1 Å². The summed E-state index contributed by atoms with van der Waals surface area (Å²) in [6.07, 6.45) is 0. The summed E-state index contributed by atoms with van der Waals surface area (Å²) in [6.45, 7) is 0.754. The van der Waals surface area contributed by atoms with Crippen LogP contribution in [0.1, 0.15) is 0 Å². The van der Waals surface area contributed by atoms with Crippen molar-refractivity contribution in [3.63, 3.8) is 0 Å². The lowest BCUT2D eigenvalue weighted by Crippen LogP contribution is -2.35. The van der Waals surface area contributed by atoms with Gasteiger partial charge >= 0.3 is 6.03 Å². The molecule has 0 spiro atoms. The number of carbonyl (C=O) groups is 2. The van der Waals surface area contributed by atoms with Gasteiger partial charge in [0.1, 0.15) is 11.6 Å². The zero-order valence-electron chi connectivity index (χ0n) is 9.28. The van der Waals surface area contributed by atoms with Crippen molar-refractivity contribution in [2.24, 2.45) is 0 Å². The highest BCUT2D eigenvalue weighted by atomic mass is 32.2. The Hall–Kier alpha value is -1.63. The summed E-state index contributed by atoms with van der Waals surface area (Å²) >= 11 is 0.940. The number of urea groups is 1. The van der Waals surface area contributed by atoms with Crippen LogP contribution in [0.15, 0.2) is 23.1 Å². The first kappa shape index (κ1) is 12.8. The number of rotatable bonds is 3. The Balaban J connectivity index is 1.95. The molecule has 0 unspecified atom stereocenters. The third kappa shape index (κ3) is 2.79. The van der Waals surface area contributed by atoms with Crippen molar-refractivity contribution in [3.8, 4) is 0 Å². The molecule has 1 saturated heterocycles. The van der Waals surface area contributed by atoms with Crippen LogP contribution in [0.5, 0.6) is 0 Å². The van der Waals surface area contributed by atoms with Crippen LogP contribution in [0, 0.1) is 11.6 Å². The van der Waals surface area contributed by atoms with Crippen LogP contribution in [0.25, 0.3) is 0 Å². The minimum absolute atomic E-state index is 0.0596. The topological polar surface area (TPSA) is 49.4 Å². The molecule has 2 rings (SSSR count). The fraction of sp³-hybridized carbons (Fsp3) is 0.273. The predicted octanol–water partition coefficient (Wildman–Crippen LogP) is 1.61. The van der Waals surface area contributed by atoms with E-state index >= 15 is 0 Å². The van der Waals surface area contributed by atoms with Gasteiger partial charge in [0.2, 0.25) is 5.91 Å². The van der Waals surface area contributed by atoms with Crippen molar-refractivity contribution in [2.75, 3.05) is 18.8 Å². The largest absolute Gasteiger partial charge is 0.336 e. The number of hydrogen-bond donors (Lipinski definition) is 1. The number of imide groups is 1. The standard InChI is InChI=1S/C11H10F2N2O2S/c12-7-1-2-9(8(13)5-7)18-6-10(16)15-4-3-14-11(15)17/h1-2,5H,3-4,6H2,(H,14,17). The zero-order chi connectivity index (χ0) is 13.1. The number of thioether (sulfide) groups is 1. The van der Waals surface area contributed by atoms with Gasteiger partial charge in [-0.3, -0.25) is 9.69 Å². The maximum absolute atomic E-state index is 13.3. The molecule has 0 saturated carbocycles. The van der Waals surface area contributed by atoms with Gasteiger partial charge in [-0.1, -0.05) is 0 Å². The number of amides is 3. The molecule has 1 aliphatic rings. The molecule has 0 radical (unpaired) electrons. The highest BCUT2D eigenvalue weighted by Gasteiger charge is 2.25. The lowest BCUT2D eigenvalue weighted by atomic mass is 10.3. The molecular formula is C11H10F2N2O2S. The van der Waals surface area contributed by atoms with Crippen LogP contribution >= 0.6 is 11.8 Å². The van der Waals surface area contributed by atoms with Crippen LogP contribution in [0.4, 0.5) is 13.6 Å². The molecule has 0 aromatic heterocycles. The Morgan fingerprint density at radius 2 is 2.22 bits per heavy atom. The molecule has 1 N–H and O–H groups in total. The van der Waals surface area contributed by atoms with Gasteiger partial charge in [0, 0.05) is 24.1 Å². The van der Waals surface area contributed by atoms with Gasteiger partial charge < -0.3 is 5.32 Å². The molecule has 1 aromatic rings. The predicted molar refractivity (Wildman–Crippen MR) is 62.2 cm³/mol. The van der Waals surface area contributed by atoms with Crippen LogP contribution in [-0.4, -0.2) is 35.7 Å². The van der Waals surface area contributed by atoms with Crippen molar-refractivity contribution in [1.29, 1.82) is 0 Å². The van der Waals surface area contributed by atoms with Gasteiger partial charge in [-0.25, -0.2) is 13.6 Å². The molecule has 18 heavy (non-hydrogen) atoms. The first-order chi connectivity index (χ1) is 8.58. The molecule has 1 heterocycles. The minimum Gasteiger partial charge on any atom is -0.336 e. The van der Waals surface area contributed by atoms with E-state index in [-0.39, 0.29) is 10.6 Å². The number of carbonyl (C=O) groups excluding carboxylic acids is 2. The molecule has 1 aliphatic heterocycles. The van der Waals surface area contributed by atoms with E-state index in [4.69, 9.17) is 0 Å². The molecule has 0 aliphatic carbocycles. The number of nitrogens with zero attached hydrogens (tertiary/aromatic N) is 1. The van der Waals surface area contributed by atoms with Gasteiger partial charge in [-0.05, 0) is 12.1 Å². The summed E-state index contributed by atoms with van der Waals surface area (Å²) in [4.78, 5) is 24.1. The first-order valence-electron chi connectivity index (χ1n) is 5.24. The monoisotopic (exact) mass is 272 g/mol. The van der Waals surface area contributed by atoms with Gasteiger partial charge in [0.05, 0.1) is 5.75 Å². The lowest BCUT2D eigenvalue weighted by molar-refractivity contribution is -0.124. The lowest BCUT2D eigenvalue weighted by Gasteiger charge is -2.11. The molecule has 7 heteroatoms. The second-order valence-electron chi connectivity index (χ2n) is 3.64. The number of hydrogen-bond acceptors (Lipinski definition) is 3. The van der Waals surface area contributed by atoms with Crippen molar-refractivity contribution in [1.82, 2.24) is 10.2 Å². The molecule has 3 amide bonds. The van der Waals surface area contributed by atoms with Crippen molar-refractivity contribution in [3.05, 3.63) is 29.8 Å². The average molecular weight is 272 g/mol. The van der Waals surface area contributed by atoms with Crippen molar-refractivity contribution in [2.45, 2.75) is 4.90 Å². The summed E-state index contributed by atoms with van der Waals surface area (Å²) in [5.74, 6) is -1.82. The van der Waals surface area contributed by atoms with Crippen LogP contribution in [0.2, 0.25) is 0 Å². The summed E-state index contributed by atoms with van der Waals surface area (Å²) < 4.78 is 26.0. The molecule has 1 fully saturated rings. The van der Waals surface area contributed by atoms with Gasteiger partial charge in [-0.2, -0.15) is 0 Å². The second-order valence-corrected chi connectivity index (χ2v) is 4.66. The van der Waals surface area contributed by atoms with E-state index in [0.717, 1.165) is 28.8 Å². The van der Waals surface area contributed by atoms with E-state index in [1.807, 2.05) is 0 Å². The van der Waals surface area contributed by atoms with Crippen LogP contribution in [0.3, 0.4) is 0 Å². The molecule has 0 bridgehead atoms. The smallest absolute Gasteiger partial charge is 0.324 e. The number of nitrogens with one attached hydrogen (secondary N) is 1. The summed E-state index contributed by atoms with van der Waals surface area (Å²) in [6, 6.07) is 2.72. The summed E-state index contributed by atoms with van der Waals surface area (Å²) in [7, 11) is 0. The van der Waals surface area contributed by atoms with Crippen LogP contribution < -0.4 is 5.32 Å². The summed E-state index contributed by atoms with van der Waals surface area (Å²) in [5, 5.41) is 2.50. The third-order valence-electron chi connectivity index (χ3n) is 2.40. The number of benzene rings is 1. The number of halogens is 2. The van der Waals surface area contributed by atoms with Crippen molar-refractivity contribution < 1.29 is 18.4 Å². The second kappa shape index (κ2) is 5.34. The van der Waals surface area contributed by atoms with E-state index in [2.05, 4.69) is 5.32 Å². The molecule has 0 atom stereocenters. The van der Waals surface area contributed by atoms with Crippen LogP contribution in [-0.2, 0) is 4.79 Å². The van der Waals surface area contributed by atoms with E-state index < -0.39 is 23.6 Å². The Morgan fingerprint density at radius 1 is 1.44 bits per heavy atom. The average Bonchev–Trinajstić information content (AvgIpc) is 2.74. The quantitative estimate of drug-likeness (QED) is 0.850. The fourth-order valence-electron chi connectivity index (χ4n) is 1.52. The van der Waals surface area contributed by atoms with E-state index in [1.54, 1.807) is 0 Å². The Bertz CT molecular complexity index is 496. The summed E-state index contributed by atoms with van der Waals surface area (Å²) in [5.41, 5.74) is 0. The molecule has 1 aromatic carbocycles. The first-order valence-corrected chi connectivity index (χ1v) is 6.22. The normalized spacial score (nSPS) is 14.8. The van der Waals surface area contributed by atoms with Gasteiger partial charge in [-0.15, -0.1) is 11.8 Å². The molecular weight excluding hydrogens is 262 g/mol. The fourth-order valence-corrected chi connectivity index (χ4v) is 2.32. The SMILES string of the molecule is O=C(CSc1ccc(F)cc1F)N1CCNC1=O. The Morgan fingerprint density at radius 3 is 2.83 bits per heavy atom. The Kier molecular flexibility index (Phi) is 3.81. The van der Waals surface area contributed by atoms with Gasteiger partial charge in [0.25, 0.3) is 0 Å². The minimum atomic E-state index is -0.710. The molecule has 96 valence electrons. The highest BCUT2D eigenvalue weighted by Crippen LogP contribution is 2.22. The van der Waals surface area contributed by atoms with E-state index in [9.17, 15) is 18.4 Å². The molecule has 4 nitrogen and oxygen atoms in total. The highest BCUT2D eigenvalue weighted by molar-refractivity contribution is 8.00. The zero-order valence-corrected chi connectivity index (χ0v) is 10.1. The third-order valence-corrected chi connectivity index (χ3v) is 3.44.